The van der Waals surface area contributed by atoms with Crippen LogP contribution in [0.25, 0.3) is 0 Å². The van der Waals surface area contributed by atoms with E-state index in [4.69, 9.17) is 10.5 Å². The first kappa shape index (κ1) is 11.7. The third kappa shape index (κ3) is 2.26. The van der Waals surface area contributed by atoms with E-state index in [1.165, 1.54) is 5.56 Å². The van der Waals surface area contributed by atoms with E-state index < -0.39 is 0 Å². The molecular formula is C14H16N2OS. The molecule has 0 spiro atoms. The van der Waals surface area contributed by atoms with E-state index in [-0.39, 0.29) is 6.04 Å². The number of benzene rings is 1. The molecule has 2 unspecified atom stereocenters. The standard InChI is InChI=1S/C14H16N2OS/c15-12(13-8-18-9-16-13)7-10-5-6-17-14-4-2-1-3-11(10)14/h1-4,8-10,12H,5-7,15H2. The van der Waals surface area contributed by atoms with Crippen molar-refractivity contribution in [3.05, 3.63) is 46.4 Å². The molecule has 0 aliphatic carbocycles. The van der Waals surface area contributed by atoms with Crippen molar-refractivity contribution < 1.29 is 4.74 Å². The molecule has 0 fully saturated rings. The van der Waals surface area contributed by atoms with Crippen LogP contribution < -0.4 is 10.5 Å². The molecular weight excluding hydrogens is 244 g/mol. The summed E-state index contributed by atoms with van der Waals surface area (Å²) >= 11 is 1.60. The van der Waals surface area contributed by atoms with Gasteiger partial charge in [0.1, 0.15) is 5.75 Å². The van der Waals surface area contributed by atoms with Gasteiger partial charge < -0.3 is 10.5 Å². The molecule has 1 aromatic carbocycles. The van der Waals surface area contributed by atoms with Crippen LogP contribution in [0, 0.1) is 0 Å². The Morgan fingerprint density at radius 1 is 1.44 bits per heavy atom. The van der Waals surface area contributed by atoms with Gasteiger partial charge in [-0.3, -0.25) is 0 Å². The summed E-state index contributed by atoms with van der Waals surface area (Å²) in [4.78, 5) is 4.30. The molecule has 1 aliphatic heterocycles. The van der Waals surface area contributed by atoms with Crippen LogP contribution >= 0.6 is 11.3 Å². The molecule has 0 radical (unpaired) electrons. The molecule has 0 saturated carbocycles. The molecule has 2 aromatic rings. The maximum absolute atomic E-state index is 6.23. The van der Waals surface area contributed by atoms with E-state index in [1.807, 2.05) is 23.0 Å². The van der Waals surface area contributed by atoms with Gasteiger partial charge >= 0.3 is 0 Å². The lowest BCUT2D eigenvalue weighted by atomic mass is 9.87. The predicted molar refractivity (Wildman–Crippen MR) is 73.0 cm³/mol. The number of fused-ring (bicyclic) bond motifs is 1. The van der Waals surface area contributed by atoms with Crippen molar-refractivity contribution in [3.63, 3.8) is 0 Å². The molecule has 1 aliphatic rings. The number of hydrogen-bond acceptors (Lipinski definition) is 4. The molecule has 2 atom stereocenters. The lowest BCUT2D eigenvalue weighted by molar-refractivity contribution is 0.259. The van der Waals surface area contributed by atoms with Gasteiger partial charge in [-0.25, -0.2) is 4.98 Å². The fraction of sp³-hybridized carbons (Fsp3) is 0.357. The monoisotopic (exact) mass is 260 g/mol. The lowest BCUT2D eigenvalue weighted by Crippen LogP contribution is -2.20. The Hall–Kier alpha value is -1.39. The van der Waals surface area contributed by atoms with Gasteiger partial charge in [0.15, 0.2) is 0 Å². The third-order valence-electron chi connectivity index (χ3n) is 3.45. The Morgan fingerprint density at radius 2 is 2.33 bits per heavy atom. The second-order valence-electron chi connectivity index (χ2n) is 4.63. The number of aromatic nitrogens is 1. The van der Waals surface area contributed by atoms with Crippen LogP contribution in [-0.4, -0.2) is 11.6 Å². The summed E-state index contributed by atoms with van der Waals surface area (Å²) < 4.78 is 5.67. The molecule has 0 bridgehead atoms. The molecule has 18 heavy (non-hydrogen) atoms. The van der Waals surface area contributed by atoms with Crippen LogP contribution in [0.3, 0.4) is 0 Å². The Labute approximate surface area is 111 Å². The minimum absolute atomic E-state index is 0.0207. The minimum Gasteiger partial charge on any atom is -0.493 e. The van der Waals surface area contributed by atoms with E-state index in [0.29, 0.717) is 5.92 Å². The van der Waals surface area contributed by atoms with E-state index in [0.717, 1.165) is 30.9 Å². The van der Waals surface area contributed by atoms with Crippen molar-refractivity contribution in [1.82, 2.24) is 4.98 Å². The summed E-state index contributed by atoms with van der Waals surface area (Å²) in [6.45, 7) is 0.783. The SMILES string of the molecule is NC(CC1CCOc2ccccc21)c1cscn1. The Bertz CT molecular complexity index is 512. The molecule has 1 aromatic heterocycles. The molecule has 0 amide bonds. The molecule has 2 N–H and O–H groups in total. The van der Waals surface area contributed by atoms with Crippen molar-refractivity contribution >= 4 is 11.3 Å². The highest BCUT2D eigenvalue weighted by atomic mass is 32.1. The highest BCUT2D eigenvalue weighted by Gasteiger charge is 2.24. The normalized spacial score (nSPS) is 19.9. The van der Waals surface area contributed by atoms with E-state index >= 15 is 0 Å². The van der Waals surface area contributed by atoms with Gasteiger partial charge in [0.2, 0.25) is 0 Å². The predicted octanol–water partition coefficient (Wildman–Crippen LogP) is 3.10. The molecule has 3 nitrogen and oxygen atoms in total. The molecule has 3 rings (SSSR count). The Balaban J connectivity index is 1.78. The van der Waals surface area contributed by atoms with E-state index in [2.05, 4.69) is 17.1 Å². The first-order valence-electron chi connectivity index (χ1n) is 6.20. The zero-order valence-corrected chi connectivity index (χ0v) is 10.9. The number of rotatable bonds is 3. The van der Waals surface area contributed by atoms with Crippen molar-refractivity contribution in [2.24, 2.45) is 5.73 Å². The van der Waals surface area contributed by atoms with Crippen LogP contribution in [-0.2, 0) is 0 Å². The summed E-state index contributed by atoms with van der Waals surface area (Å²) in [6.07, 6.45) is 1.97. The zero-order chi connectivity index (χ0) is 12.4. The van der Waals surface area contributed by atoms with E-state index in [9.17, 15) is 0 Å². The highest BCUT2D eigenvalue weighted by Crippen LogP contribution is 2.38. The molecule has 4 heteroatoms. The van der Waals surface area contributed by atoms with Gasteiger partial charge in [0, 0.05) is 11.4 Å². The molecule has 94 valence electrons. The van der Waals surface area contributed by atoms with Crippen LogP contribution in [0.4, 0.5) is 0 Å². The fourth-order valence-corrected chi connectivity index (χ4v) is 3.11. The Morgan fingerprint density at radius 3 is 3.17 bits per heavy atom. The summed E-state index contributed by atoms with van der Waals surface area (Å²) in [5.41, 5.74) is 10.4. The lowest BCUT2D eigenvalue weighted by Gasteiger charge is -2.27. The number of ether oxygens (including phenoxy) is 1. The average Bonchev–Trinajstić information content (AvgIpc) is 2.93. The van der Waals surface area contributed by atoms with Crippen LogP contribution in [0.5, 0.6) is 5.75 Å². The van der Waals surface area contributed by atoms with Gasteiger partial charge in [0.05, 0.1) is 17.8 Å². The van der Waals surface area contributed by atoms with E-state index in [1.54, 1.807) is 11.3 Å². The van der Waals surface area contributed by atoms with Crippen molar-refractivity contribution in [1.29, 1.82) is 0 Å². The summed E-state index contributed by atoms with van der Waals surface area (Å²) in [5.74, 6) is 1.49. The maximum atomic E-state index is 6.23. The van der Waals surface area contributed by atoms with Crippen molar-refractivity contribution in [2.45, 2.75) is 24.8 Å². The second-order valence-corrected chi connectivity index (χ2v) is 5.35. The minimum atomic E-state index is 0.0207. The quantitative estimate of drug-likeness (QED) is 0.922. The molecule has 0 saturated heterocycles. The largest absolute Gasteiger partial charge is 0.493 e. The zero-order valence-electron chi connectivity index (χ0n) is 10.1. The smallest absolute Gasteiger partial charge is 0.122 e. The number of thiazole rings is 1. The first-order chi connectivity index (χ1) is 8.84. The van der Waals surface area contributed by atoms with Gasteiger partial charge in [-0.05, 0) is 30.4 Å². The van der Waals surface area contributed by atoms with Crippen LogP contribution in [0.1, 0.15) is 36.1 Å². The average molecular weight is 260 g/mol. The summed E-state index contributed by atoms with van der Waals surface area (Å²) in [5, 5.41) is 2.04. The number of nitrogens with two attached hydrogens (primary N) is 1. The van der Waals surface area contributed by atoms with Gasteiger partial charge in [-0.15, -0.1) is 11.3 Å². The van der Waals surface area contributed by atoms with Crippen LogP contribution in [0.2, 0.25) is 0 Å². The van der Waals surface area contributed by atoms with Crippen LogP contribution in [0.15, 0.2) is 35.2 Å². The van der Waals surface area contributed by atoms with Gasteiger partial charge in [-0.2, -0.15) is 0 Å². The van der Waals surface area contributed by atoms with Crippen molar-refractivity contribution in [2.75, 3.05) is 6.61 Å². The number of para-hydroxylation sites is 1. The van der Waals surface area contributed by atoms with Gasteiger partial charge in [-0.1, -0.05) is 18.2 Å². The van der Waals surface area contributed by atoms with Gasteiger partial charge in [0.25, 0.3) is 0 Å². The highest BCUT2D eigenvalue weighted by molar-refractivity contribution is 7.07. The van der Waals surface area contributed by atoms with Crippen molar-refractivity contribution in [3.8, 4) is 5.75 Å². The topological polar surface area (TPSA) is 48.1 Å². The Kier molecular flexibility index (Phi) is 3.30. The summed E-state index contributed by atoms with van der Waals surface area (Å²) in [6, 6.07) is 8.28. The summed E-state index contributed by atoms with van der Waals surface area (Å²) in [7, 11) is 0. The molecule has 2 heterocycles. The second kappa shape index (κ2) is 5.08. The maximum Gasteiger partial charge on any atom is 0.122 e. The number of nitrogens with zero attached hydrogens (tertiary/aromatic N) is 1. The number of hydrogen-bond donors (Lipinski definition) is 1. The third-order valence-corrected chi connectivity index (χ3v) is 4.06. The fourth-order valence-electron chi connectivity index (χ4n) is 2.49. The first-order valence-corrected chi connectivity index (χ1v) is 7.14.